The zero-order chi connectivity index (χ0) is 19.0. The first-order valence-corrected chi connectivity index (χ1v) is 10.6. The van der Waals surface area contributed by atoms with E-state index in [2.05, 4.69) is 22.0 Å². The number of morpholine rings is 1. The summed E-state index contributed by atoms with van der Waals surface area (Å²) in [6.45, 7) is 8.86. The molecular formula is C20H34N4O3. The molecule has 27 heavy (non-hydrogen) atoms. The normalized spacial score (nSPS) is 29.6. The van der Waals surface area contributed by atoms with E-state index < -0.39 is 0 Å². The summed E-state index contributed by atoms with van der Waals surface area (Å²) in [6.07, 6.45) is 4.49. The van der Waals surface area contributed by atoms with Crippen molar-refractivity contribution < 1.29 is 14.3 Å². The highest BCUT2D eigenvalue weighted by Gasteiger charge is 2.53. The minimum atomic E-state index is -0.265. The van der Waals surface area contributed by atoms with Crippen LogP contribution in [0.3, 0.4) is 0 Å². The lowest BCUT2D eigenvalue weighted by atomic mass is 9.87. The number of carbonyl (C=O) groups is 2. The number of likely N-dealkylation sites (tertiary alicyclic amines) is 2. The second-order valence-corrected chi connectivity index (χ2v) is 8.90. The molecule has 0 aromatic carbocycles. The van der Waals surface area contributed by atoms with Crippen molar-refractivity contribution in [2.24, 2.45) is 11.8 Å². The lowest BCUT2D eigenvalue weighted by Gasteiger charge is -2.56. The summed E-state index contributed by atoms with van der Waals surface area (Å²) in [6, 6.07) is -0.190. The highest BCUT2D eigenvalue weighted by molar-refractivity contribution is 5.82. The van der Waals surface area contributed by atoms with E-state index in [9.17, 15) is 9.59 Å². The van der Waals surface area contributed by atoms with Gasteiger partial charge in [0.2, 0.25) is 11.8 Å². The average Bonchev–Trinajstić information content (AvgIpc) is 3.49. The fourth-order valence-corrected chi connectivity index (χ4v) is 4.87. The molecule has 4 aliphatic rings. The van der Waals surface area contributed by atoms with Crippen LogP contribution in [0.4, 0.5) is 0 Å². The van der Waals surface area contributed by atoms with Crippen LogP contribution < -0.4 is 5.32 Å². The number of carbonyl (C=O) groups excluding carboxylic acids is 2. The number of hydrogen-bond donors (Lipinski definition) is 1. The van der Waals surface area contributed by atoms with Gasteiger partial charge in [0.05, 0.1) is 19.7 Å². The third-order valence-electron chi connectivity index (χ3n) is 6.87. The van der Waals surface area contributed by atoms with Crippen molar-refractivity contribution in [3.63, 3.8) is 0 Å². The van der Waals surface area contributed by atoms with Gasteiger partial charge in [0.15, 0.2) is 0 Å². The van der Waals surface area contributed by atoms with Crippen LogP contribution in [0.5, 0.6) is 0 Å². The summed E-state index contributed by atoms with van der Waals surface area (Å²) in [4.78, 5) is 31.8. The van der Waals surface area contributed by atoms with Gasteiger partial charge in [0, 0.05) is 26.1 Å². The maximum Gasteiger partial charge on any atom is 0.239 e. The molecule has 1 spiro atoms. The first-order chi connectivity index (χ1) is 13.0. The van der Waals surface area contributed by atoms with Gasteiger partial charge in [0.1, 0.15) is 11.6 Å². The summed E-state index contributed by atoms with van der Waals surface area (Å²) in [5, 5.41) is 2.77. The van der Waals surface area contributed by atoms with E-state index in [1.165, 1.54) is 12.8 Å². The molecule has 0 unspecified atom stereocenters. The van der Waals surface area contributed by atoms with Crippen molar-refractivity contribution in [1.82, 2.24) is 20.0 Å². The molecule has 0 aromatic rings. The summed E-state index contributed by atoms with van der Waals surface area (Å²) in [5.41, 5.74) is -0.265. The Bertz CT molecular complexity index is 566. The van der Waals surface area contributed by atoms with Crippen LogP contribution in [-0.2, 0) is 14.3 Å². The Balaban J connectivity index is 1.32. The van der Waals surface area contributed by atoms with Crippen LogP contribution in [-0.4, -0.2) is 97.6 Å². The Morgan fingerprint density at radius 2 is 1.81 bits per heavy atom. The zero-order valence-corrected chi connectivity index (χ0v) is 16.8. The van der Waals surface area contributed by atoms with Gasteiger partial charge in [0.25, 0.3) is 0 Å². The number of rotatable bonds is 5. The largest absolute Gasteiger partial charge is 0.368 e. The minimum Gasteiger partial charge on any atom is -0.368 e. The van der Waals surface area contributed by atoms with Crippen LogP contribution in [0.15, 0.2) is 0 Å². The summed E-state index contributed by atoms with van der Waals surface area (Å²) in [5.74, 6) is 1.26. The van der Waals surface area contributed by atoms with Gasteiger partial charge in [-0.2, -0.15) is 0 Å². The molecule has 1 atom stereocenters. The smallest absolute Gasteiger partial charge is 0.239 e. The molecule has 7 nitrogen and oxygen atoms in total. The predicted molar refractivity (Wildman–Crippen MR) is 102 cm³/mol. The number of likely N-dealkylation sites (N-methyl/N-ethyl adjacent to an activating group) is 1. The molecule has 0 radical (unpaired) electrons. The van der Waals surface area contributed by atoms with Crippen LogP contribution in [0.2, 0.25) is 0 Å². The molecule has 1 saturated carbocycles. The molecule has 3 aliphatic heterocycles. The Labute approximate surface area is 162 Å². The molecule has 7 heteroatoms. The van der Waals surface area contributed by atoms with Gasteiger partial charge in [-0.15, -0.1) is 0 Å². The lowest BCUT2D eigenvalue weighted by Crippen LogP contribution is -2.74. The van der Waals surface area contributed by atoms with E-state index in [4.69, 9.17) is 4.74 Å². The average molecular weight is 379 g/mol. The number of ether oxygens (including phenoxy) is 1. The van der Waals surface area contributed by atoms with Crippen molar-refractivity contribution in [3.8, 4) is 0 Å². The number of amides is 2. The van der Waals surface area contributed by atoms with Gasteiger partial charge < -0.3 is 19.9 Å². The van der Waals surface area contributed by atoms with Crippen LogP contribution in [0.25, 0.3) is 0 Å². The van der Waals surface area contributed by atoms with Gasteiger partial charge in [-0.25, -0.2) is 0 Å². The van der Waals surface area contributed by atoms with Gasteiger partial charge in [-0.05, 0) is 51.2 Å². The molecule has 3 heterocycles. The molecule has 1 aliphatic carbocycles. The molecule has 4 fully saturated rings. The van der Waals surface area contributed by atoms with E-state index >= 15 is 0 Å². The van der Waals surface area contributed by atoms with E-state index in [0.717, 1.165) is 51.5 Å². The third kappa shape index (κ3) is 4.00. The molecule has 152 valence electrons. The van der Waals surface area contributed by atoms with E-state index in [1.54, 1.807) is 7.05 Å². The summed E-state index contributed by atoms with van der Waals surface area (Å²) in [7, 11) is 1.69. The second kappa shape index (κ2) is 7.68. The molecule has 3 saturated heterocycles. The highest BCUT2D eigenvalue weighted by Crippen LogP contribution is 2.36. The van der Waals surface area contributed by atoms with Crippen molar-refractivity contribution >= 4 is 11.8 Å². The van der Waals surface area contributed by atoms with Crippen molar-refractivity contribution in [2.45, 2.75) is 44.2 Å². The van der Waals surface area contributed by atoms with Crippen LogP contribution >= 0.6 is 0 Å². The lowest BCUT2D eigenvalue weighted by molar-refractivity contribution is -0.206. The first kappa shape index (κ1) is 19.2. The van der Waals surface area contributed by atoms with E-state index in [1.807, 2.05) is 4.90 Å². The number of nitrogens with zero attached hydrogens (tertiary/aromatic N) is 3. The Kier molecular flexibility index (Phi) is 5.45. The fourth-order valence-electron chi connectivity index (χ4n) is 4.87. The van der Waals surface area contributed by atoms with E-state index in [0.29, 0.717) is 25.6 Å². The van der Waals surface area contributed by atoms with Crippen LogP contribution in [0.1, 0.15) is 32.6 Å². The topological polar surface area (TPSA) is 65.1 Å². The van der Waals surface area contributed by atoms with Crippen LogP contribution in [0, 0.1) is 11.8 Å². The Morgan fingerprint density at radius 3 is 2.41 bits per heavy atom. The van der Waals surface area contributed by atoms with Crippen molar-refractivity contribution in [1.29, 1.82) is 0 Å². The number of nitrogens with one attached hydrogen (secondary N) is 1. The molecule has 4 rings (SSSR count). The fraction of sp³-hybridized carbons (Fsp3) is 0.900. The van der Waals surface area contributed by atoms with E-state index in [-0.39, 0.29) is 23.5 Å². The Hall–Kier alpha value is -1.18. The quantitative estimate of drug-likeness (QED) is 0.738. The first-order valence-electron chi connectivity index (χ1n) is 10.6. The standard InChI is InChI=1S/C20H34N4O3/c1-3-22-8-6-16(7-9-22)19(26)24-13-20(14-24)12-23(10-15-4-5-15)17(11-27-20)18(25)21-2/h15-17H,3-14H2,1-2H3,(H,21,25)/t17-/m1/s1. The maximum atomic E-state index is 12.9. The van der Waals surface area contributed by atoms with Gasteiger partial charge in [-0.1, -0.05) is 6.92 Å². The zero-order valence-electron chi connectivity index (χ0n) is 16.8. The molecular weight excluding hydrogens is 344 g/mol. The predicted octanol–water partition coefficient (Wildman–Crippen LogP) is 0.156. The van der Waals surface area contributed by atoms with Crippen molar-refractivity contribution in [3.05, 3.63) is 0 Å². The summed E-state index contributed by atoms with van der Waals surface area (Å²) >= 11 is 0. The van der Waals surface area contributed by atoms with Gasteiger partial charge in [-0.3, -0.25) is 14.5 Å². The molecule has 1 N–H and O–H groups in total. The SMILES string of the molecule is CCN1CCC(C(=O)N2CC3(C2)CN(CC2CC2)[C@@H](C(=O)NC)CO3)CC1. The second-order valence-electron chi connectivity index (χ2n) is 8.90. The number of piperidine rings is 1. The monoisotopic (exact) mass is 378 g/mol. The minimum absolute atomic E-state index is 0.0421. The number of hydrogen-bond acceptors (Lipinski definition) is 5. The Morgan fingerprint density at radius 1 is 1.11 bits per heavy atom. The molecule has 0 bridgehead atoms. The highest BCUT2D eigenvalue weighted by atomic mass is 16.5. The molecule has 2 amide bonds. The third-order valence-corrected chi connectivity index (χ3v) is 6.87. The molecule has 0 aromatic heterocycles. The van der Waals surface area contributed by atoms with Crippen molar-refractivity contribution in [2.75, 3.05) is 59.5 Å². The maximum absolute atomic E-state index is 12.9. The van der Waals surface area contributed by atoms with Gasteiger partial charge >= 0.3 is 0 Å². The summed E-state index contributed by atoms with van der Waals surface area (Å²) < 4.78 is 6.17.